The largest absolute Gasteiger partial charge is 0.498 e. The van der Waals surface area contributed by atoms with Crippen LogP contribution in [-0.4, -0.2) is 34.5 Å². The molecule has 0 atom stereocenters. The van der Waals surface area contributed by atoms with Crippen LogP contribution in [0.25, 0.3) is 0 Å². The molecule has 0 saturated carbocycles. The van der Waals surface area contributed by atoms with E-state index in [0.717, 1.165) is 0 Å². The van der Waals surface area contributed by atoms with Gasteiger partial charge in [-0.1, -0.05) is 0 Å². The van der Waals surface area contributed by atoms with E-state index in [1.165, 1.54) is 0 Å². The number of rotatable bonds is 3. The van der Waals surface area contributed by atoms with Crippen LogP contribution in [0.3, 0.4) is 0 Å². The van der Waals surface area contributed by atoms with Gasteiger partial charge in [0.05, 0.1) is 7.11 Å². The van der Waals surface area contributed by atoms with Crippen LogP contribution >= 0.6 is 0 Å². The lowest BCUT2D eigenvalue weighted by Crippen LogP contribution is -2.30. The lowest BCUT2D eigenvalue weighted by Gasteiger charge is -2.06. The molecular weight excluding hydrogens is 237 g/mol. The van der Waals surface area contributed by atoms with Gasteiger partial charge in [-0.2, -0.15) is 21.6 Å². The Morgan fingerprint density at radius 1 is 1.15 bits per heavy atom. The number of hydrogen-bond donors (Lipinski definition) is 0. The molecule has 0 saturated heterocycles. The van der Waals surface area contributed by atoms with E-state index in [1.807, 2.05) is 0 Å². The fourth-order valence-electron chi connectivity index (χ4n) is 0.305. The number of halogens is 3. The average Bonchev–Trinajstić information content (AvgIpc) is 1.83. The van der Waals surface area contributed by atoms with Crippen molar-refractivity contribution in [3.63, 3.8) is 0 Å². The second-order valence-electron chi connectivity index (χ2n) is 1.90. The summed E-state index contributed by atoms with van der Waals surface area (Å²) in [5.74, 6) is 0. The first-order chi connectivity index (χ1) is 5.52. The number of alkyl halides is 3. The minimum atomic E-state index is -5.68. The van der Waals surface area contributed by atoms with Crippen molar-refractivity contribution < 1.29 is 34.2 Å². The average molecular weight is 242 g/mol. The molecule has 0 heterocycles. The molecule has 0 unspecified atom stereocenters. The maximum atomic E-state index is 11.6. The molecule has 0 aromatic carbocycles. The van der Waals surface area contributed by atoms with Gasteiger partial charge in [-0.3, -0.25) is 4.18 Å². The van der Waals surface area contributed by atoms with Gasteiger partial charge in [0.15, 0.2) is 5.08 Å². The molecule has 13 heavy (non-hydrogen) atoms. The lowest BCUT2D eigenvalue weighted by atomic mass is 11.6. The molecule has 0 spiro atoms. The van der Waals surface area contributed by atoms with Crippen LogP contribution < -0.4 is 0 Å². The molecule has 0 radical (unpaired) electrons. The Labute approximate surface area is 72.5 Å². The fourth-order valence-corrected chi connectivity index (χ4v) is 2.74. The molecular formula is C3H5F3O5S2. The first-order valence-corrected chi connectivity index (χ1v) is 5.82. The third-order valence-electron chi connectivity index (χ3n) is 0.906. The molecule has 0 aromatic heterocycles. The summed E-state index contributed by atoms with van der Waals surface area (Å²) >= 11 is 0. The van der Waals surface area contributed by atoms with Gasteiger partial charge in [0.25, 0.3) is 20.0 Å². The van der Waals surface area contributed by atoms with E-state index in [2.05, 4.69) is 4.18 Å². The summed E-state index contributed by atoms with van der Waals surface area (Å²) in [4.78, 5) is 0. The van der Waals surface area contributed by atoms with E-state index in [-0.39, 0.29) is 0 Å². The molecule has 0 aliphatic carbocycles. The zero-order chi connectivity index (χ0) is 10.9. The first-order valence-electron chi connectivity index (χ1n) is 2.59. The van der Waals surface area contributed by atoms with Crippen LogP contribution in [0.4, 0.5) is 13.2 Å². The second-order valence-corrected chi connectivity index (χ2v) is 5.99. The Hall–Kier alpha value is -0.350. The predicted octanol–water partition coefficient (Wildman–Crippen LogP) is -0.145. The molecule has 5 nitrogen and oxygen atoms in total. The fraction of sp³-hybridized carbons (Fsp3) is 1.00. The van der Waals surface area contributed by atoms with Gasteiger partial charge in [0.1, 0.15) is 0 Å². The van der Waals surface area contributed by atoms with Crippen molar-refractivity contribution in [1.82, 2.24) is 0 Å². The zero-order valence-electron chi connectivity index (χ0n) is 6.20. The van der Waals surface area contributed by atoms with Gasteiger partial charge in [-0.25, -0.2) is 8.42 Å². The van der Waals surface area contributed by atoms with Gasteiger partial charge in [0.2, 0.25) is 0 Å². The summed E-state index contributed by atoms with van der Waals surface area (Å²) in [6.07, 6.45) is 0. The van der Waals surface area contributed by atoms with Crippen molar-refractivity contribution in [2.75, 3.05) is 12.2 Å². The molecule has 0 N–H and O–H groups in total. The Morgan fingerprint density at radius 3 is 1.77 bits per heavy atom. The first kappa shape index (κ1) is 12.7. The summed E-state index contributed by atoms with van der Waals surface area (Å²) in [6, 6.07) is 0. The highest BCUT2D eigenvalue weighted by Gasteiger charge is 2.48. The van der Waals surface area contributed by atoms with Crippen LogP contribution in [-0.2, 0) is 24.1 Å². The van der Waals surface area contributed by atoms with Crippen molar-refractivity contribution in [2.24, 2.45) is 0 Å². The minimum absolute atomic E-state index is 0.571. The third-order valence-corrected chi connectivity index (χ3v) is 4.52. The molecule has 0 aromatic rings. The highest BCUT2D eigenvalue weighted by Crippen LogP contribution is 2.24. The van der Waals surface area contributed by atoms with Gasteiger partial charge in [-0.15, -0.1) is 0 Å². The van der Waals surface area contributed by atoms with E-state index in [1.54, 1.807) is 0 Å². The zero-order valence-corrected chi connectivity index (χ0v) is 7.83. The summed E-state index contributed by atoms with van der Waals surface area (Å²) < 4.78 is 79.5. The van der Waals surface area contributed by atoms with E-state index in [9.17, 15) is 30.0 Å². The Morgan fingerprint density at radius 2 is 1.54 bits per heavy atom. The highest BCUT2D eigenvalue weighted by atomic mass is 32.3. The summed E-state index contributed by atoms with van der Waals surface area (Å²) in [5, 5.41) is -2.10. The molecule has 0 fully saturated rings. The van der Waals surface area contributed by atoms with Crippen LogP contribution in [0.1, 0.15) is 0 Å². The second kappa shape index (κ2) is 3.42. The van der Waals surface area contributed by atoms with Gasteiger partial charge in [0, 0.05) is 0 Å². The van der Waals surface area contributed by atoms with Crippen LogP contribution in [0, 0.1) is 0 Å². The molecule has 0 aliphatic rings. The minimum Gasteiger partial charge on any atom is -0.273 e. The number of sulfone groups is 1. The molecule has 10 heteroatoms. The van der Waals surface area contributed by atoms with E-state index < -0.39 is 30.5 Å². The third kappa shape index (κ3) is 3.48. The highest BCUT2D eigenvalue weighted by molar-refractivity contribution is 8.06. The summed E-state index contributed by atoms with van der Waals surface area (Å²) in [6.45, 7) is 0. The van der Waals surface area contributed by atoms with E-state index in [0.29, 0.717) is 7.11 Å². The Balaban J connectivity index is 4.97. The van der Waals surface area contributed by atoms with Gasteiger partial charge >= 0.3 is 5.51 Å². The molecule has 0 rings (SSSR count). The van der Waals surface area contributed by atoms with Crippen LogP contribution in [0.5, 0.6) is 0 Å². The Kier molecular flexibility index (Phi) is 3.33. The maximum Gasteiger partial charge on any atom is 0.498 e. The number of hydrogen-bond acceptors (Lipinski definition) is 5. The quantitative estimate of drug-likeness (QED) is 0.643. The standard InChI is InChI=1S/C3H5F3O5S2/c1-11-13(9,10)2-12(7,8)3(4,5)6/h2H2,1H3. The SMILES string of the molecule is COS(=O)(=O)CS(=O)(=O)C(F)(F)F. The van der Waals surface area contributed by atoms with Crippen molar-refractivity contribution in [3.05, 3.63) is 0 Å². The smallest absolute Gasteiger partial charge is 0.273 e. The van der Waals surface area contributed by atoms with Crippen molar-refractivity contribution in [1.29, 1.82) is 0 Å². The predicted molar refractivity (Wildman–Crippen MR) is 35.8 cm³/mol. The summed E-state index contributed by atoms with van der Waals surface area (Å²) in [7, 11) is -9.78. The lowest BCUT2D eigenvalue weighted by molar-refractivity contribution is -0.0431. The van der Waals surface area contributed by atoms with Gasteiger partial charge in [-0.05, 0) is 0 Å². The van der Waals surface area contributed by atoms with Crippen LogP contribution in [0.2, 0.25) is 0 Å². The topological polar surface area (TPSA) is 77.5 Å². The Bertz CT molecular complexity index is 362. The normalized spacial score (nSPS) is 14.5. The van der Waals surface area contributed by atoms with E-state index >= 15 is 0 Å². The van der Waals surface area contributed by atoms with Crippen molar-refractivity contribution in [3.8, 4) is 0 Å². The van der Waals surface area contributed by atoms with Gasteiger partial charge < -0.3 is 0 Å². The van der Waals surface area contributed by atoms with Crippen LogP contribution in [0.15, 0.2) is 0 Å². The molecule has 0 bridgehead atoms. The van der Waals surface area contributed by atoms with Crippen molar-refractivity contribution in [2.45, 2.75) is 5.51 Å². The monoisotopic (exact) mass is 242 g/mol. The molecule has 80 valence electrons. The van der Waals surface area contributed by atoms with Crippen molar-refractivity contribution >= 4 is 20.0 Å². The maximum absolute atomic E-state index is 11.6. The van der Waals surface area contributed by atoms with E-state index in [4.69, 9.17) is 0 Å². The summed E-state index contributed by atoms with van der Waals surface area (Å²) in [5.41, 5.74) is -5.58. The molecule has 0 amide bonds. The molecule has 0 aliphatic heterocycles.